The second-order valence-corrected chi connectivity index (χ2v) is 6.50. The van der Waals surface area contributed by atoms with Crippen molar-refractivity contribution in [3.05, 3.63) is 24.6 Å². The highest BCUT2D eigenvalue weighted by Gasteiger charge is 2.19. The smallest absolute Gasteiger partial charge is 0.0998 e. The van der Waals surface area contributed by atoms with E-state index in [-0.39, 0.29) is 6.17 Å². The second kappa shape index (κ2) is 12.6. The molecule has 0 aliphatic carbocycles. The van der Waals surface area contributed by atoms with Crippen LogP contribution in [0.5, 0.6) is 0 Å². The van der Waals surface area contributed by atoms with Gasteiger partial charge in [0.05, 0.1) is 12.3 Å². The molecule has 2 atom stereocenters. The number of unbranched alkanes of at least 4 members (excludes halogenated alkanes) is 8. The van der Waals surface area contributed by atoms with E-state index < -0.39 is 0 Å². The van der Waals surface area contributed by atoms with Crippen molar-refractivity contribution >= 4 is 0 Å². The summed E-state index contributed by atoms with van der Waals surface area (Å²) in [5.74, 6) is 0. The maximum Gasteiger partial charge on any atom is 0.0998 e. The average molecular weight is 308 g/mol. The van der Waals surface area contributed by atoms with Gasteiger partial charge in [-0.3, -0.25) is 0 Å². The van der Waals surface area contributed by atoms with Crippen molar-refractivity contribution in [3.8, 4) is 0 Å². The Labute approximate surface area is 138 Å². The third-order valence-corrected chi connectivity index (χ3v) is 4.36. The van der Waals surface area contributed by atoms with Crippen LogP contribution in [0, 0.1) is 0 Å². The molecular formula is C19H37N3. The van der Waals surface area contributed by atoms with E-state index in [4.69, 9.17) is 5.73 Å². The molecule has 0 spiro atoms. The first-order valence-corrected chi connectivity index (χ1v) is 9.36. The van der Waals surface area contributed by atoms with Crippen molar-refractivity contribution in [2.75, 3.05) is 0 Å². The van der Waals surface area contributed by atoms with Crippen LogP contribution in [0.25, 0.3) is 0 Å². The third-order valence-electron chi connectivity index (χ3n) is 4.36. The van der Waals surface area contributed by atoms with Gasteiger partial charge in [-0.15, -0.1) is 0 Å². The summed E-state index contributed by atoms with van der Waals surface area (Å²) < 4.78 is 0. The molecule has 0 amide bonds. The lowest BCUT2D eigenvalue weighted by molar-refractivity contribution is 0.213. The van der Waals surface area contributed by atoms with Gasteiger partial charge in [-0.05, 0) is 32.6 Å². The largest absolute Gasteiger partial charge is 0.370 e. The zero-order valence-electron chi connectivity index (χ0n) is 14.8. The Balaban J connectivity index is 1.90. The van der Waals surface area contributed by atoms with Gasteiger partial charge in [0, 0.05) is 12.4 Å². The minimum Gasteiger partial charge on any atom is -0.370 e. The first-order chi connectivity index (χ1) is 10.8. The molecule has 3 nitrogen and oxygen atoms in total. The summed E-state index contributed by atoms with van der Waals surface area (Å²) in [6, 6.07) is 0. The first-order valence-electron chi connectivity index (χ1n) is 9.36. The predicted octanol–water partition coefficient (Wildman–Crippen LogP) is 4.86. The van der Waals surface area contributed by atoms with Crippen molar-refractivity contribution in [3.63, 3.8) is 0 Å². The Kier molecular flexibility index (Phi) is 10.9. The Morgan fingerprint density at radius 3 is 2.36 bits per heavy atom. The van der Waals surface area contributed by atoms with Gasteiger partial charge in [0.25, 0.3) is 0 Å². The van der Waals surface area contributed by atoms with Gasteiger partial charge in [-0.25, -0.2) is 0 Å². The Bertz CT molecular complexity index is 310. The zero-order valence-corrected chi connectivity index (χ0v) is 14.8. The first kappa shape index (κ1) is 19.1. The molecule has 1 rings (SSSR count). The van der Waals surface area contributed by atoms with Gasteiger partial charge < -0.3 is 16.0 Å². The van der Waals surface area contributed by atoms with E-state index in [1.165, 1.54) is 57.8 Å². The molecule has 1 heterocycles. The number of rotatable bonds is 13. The van der Waals surface area contributed by atoms with Gasteiger partial charge >= 0.3 is 0 Å². The van der Waals surface area contributed by atoms with Gasteiger partial charge in [0.2, 0.25) is 0 Å². The van der Waals surface area contributed by atoms with Crippen molar-refractivity contribution in [1.82, 2.24) is 10.2 Å². The molecule has 0 fully saturated rings. The lowest BCUT2D eigenvalue weighted by Gasteiger charge is -2.28. The highest BCUT2D eigenvalue weighted by atomic mass is 15.3. The quantitative estimate of drug-likeness (QED) is 0.377. The Morgan fingerprint density at radius 2 is 1.68 bits per heavy atom. The summed E-state index contributed by atoms with van der Waals surface area (Å²) in [7, 11) is 0. The van der Waals surface area contributed by atoms with E-state index in [2.05, 4.69) is 35.5 Å². The Hall–Kier alpha value is -0.960. The van der Waals surface area contributed by atoms with Crippen LogP contribution < -0.4 is 11.1 Å². The third kappa shape index (κ3) is 8.47. The minimum atomic E-state index is 0.0811. The number of hydrogen-bond donors (Lipinski definition) is 2. The fourth-order valence-electron chi connectivity index (χ4n) is 2.97. The summed E-state index contributed by atoms with van der Waals surface area (Å²) in [6.45, 7) is 4.31. The molecule has 1 aliphatic heterocycles. The summed E-state index contributed by atoms with van der Waals surface area (Å²) in [5.41, 5.74) is 5.94. The van der Waals surface area contributed by atoms with E-state index in [1.54, 1.807) is 0 Å². The van der Waals surface area contributed by atoms with Crippen molar-refractivity contribution in [2.24, 2.45) is 5.73 Å². The lowest BCUT2D eigenvalue weighted by atomic mass is 10.1. The molecule has 0 radical (unpaired) electrons. The van der Waals surface area contributed by atoms with E-state index in [0.717, 1.165) is 12.8 Å². The van der Waals surface area contributed by atoms with Crippen molar-refractivity contribution < 1.29 is 0 Å². The number of nitrogens with two attached hydrogens (primary N) is 1. The molecule has 22 heavy (non-hydrogen) atoms. The van der Waals surface area contributed by atoms with Crippen LogP contribution in [0.1, 0.15) is 84.5 Å². The number of nitrogens with one attached hydrogen (secondary N) is 1. The molecule has 3 N–H and O–H groups in total. The fraction of sp³-hybridized carbons (Fsp3) is 0.789. The molecule has 2 unspecified atom stereocenters. The Morgan fingerprint density at radius 1 is 1.05 bits per heavy atom. The lowest BCUT2D eigenvalue weighted by Crippen LogP contribution is -2.44. The summed E-state index contributed by atoms with van der Waals surface area (Å²) in [4.78, 5) is 2.19. The van der Waals surface area contributed by atoms with Gasteiger partial charge in [-0.2, -0.15) is 0 Å². The molecule has 0 saturated carbocycles. The van der Waals surface area contributed by atoms with Crippen LogP contribution in [0.4, 0.5) is 0 Å². The topological polar surface area (TPSA) is 41.3 Å². The van der Waals surface area contributed by atoms with Crippen LogP contribution in [0.15, 0.2) is 24.6 Å². The molecule has 0 aromatic carbocycles. The normalized spacial score (nSPS) is 19.0. The molecule has 0 bridgehead atoms. The maximum absolute atomic E-state index is 5.94. The van der Waals surface area contributed by atoms with E-state index in [0.29, 0.717) is 6.17 Å². The molecule has 128 valence electrons. The summed E-state index contributed by atoms with van der Waals surface area (Å²) in [6.07, 6.45) is 23.9. The fourth-order valence-corrected chi connectivity index (χ4v) is 2.97. The van der Waals surface area contributed by atoms with Crippen LogP contribution in [-0.4, -0.2) is 17.2 Å². The molecular weight excluding hydrogens is 270 g/mol. The van der Waals surface area contributed by atoms with Gasteiger partial charge in [0.1, 0.15) is 0 Å². The van der Waals surface area contributed by atoms with E-state index in [1.807, 2.05) is 13.1 Å². The molecule has 3 heteroatoms. The monoisotopic (exact) mass is 307 g/mol. The van der Waals surface area contributed by atoms with Crippen LogP contribution in [-0.2, 0) is 0 Å². The van der Waals surface area contributed by atoms with Crippen LogP contribution in [0.2, 0.25) is 0 Å². The van der Waals surface area contributed by atoms with Gasteiger partial charge in [0.15, 0.2) is 0 Å². The number of allylic oxidation sites excluding steroid dienone is 2. The van der Waals surface area contributed by atoms with E-state index in [9.17, 15) is 0 Å². The van der Waals surface area contributed by atoms with Crippen molar-refractivity contribution in [1.29, 1.82) is 0 Å². The van der Waals surface area contributed by atoms with Crippen LogP contribution in [0.3, 0.4) is 0 Å². The van der Waals surface area contributed by atoms with Crippen molar-refractivity contribution in [2.45, 2.75) is 96.8 Å². The maximum atomic E-state index is 5.94. The molecule has 0 aromatic heterocycles. The molecule has 1 aliphatic rings. The second-order valence-electron chi connectivity index (χ2n) is 6.50. The highest BCUT2D eigenvalue weighted by molar-refractivity contribution is 4.96. The predicted molar refractivity (Wildman–Crippen MR) is 97.2 cm³/mol. The summed E-state index contributed by atoms with van der Waals surface area (Å²) >= 11 is 0. The highest BCUT2D eigenvalue weighted by Crippen LogP contribution is 2.13. The minimum absolute atomic E-state index is 0.0811. The average Bonchev–Trinajstić information content (AvgIpc) is 2.97. The van der Waals surface area contributed by atoms with Crippen LogP contribution >= 0.6 is 0 Å². The number of nitrogens with zero attached hydrogens (tertiary/aromatic N) is 1. The summed E-state index contributed by atoms with van der Waals surface area (Å²) in [5, 5.41) is 3.36. The van der Waals surface area contributed by atoms with Gasteiger partial charge in [-0.1, -0.05) is 64.0 Å². The zero-order chi connectivity index (χ0) is 16.0. The SMILES string of the molecule is CCCCCCCCCC/C=C/CCC1NC=CN1C(C)N. The van der Waals surface area contributed by atoms with E-state index >= 15 is 0 Å². The standard InChI is InChI=1S/C19H37N3/c1-3-4-5-6-7-8-9-10-11-12-13-14-15-19-21-16-17-22(19)18(2)20/h12-13,16-19,21H,3-11,14-15,20H2,1-2H3/b13-12+. The molecule has 0 saturated heterocycles. The molecule has 0 aromatic rings. The number of hydrogen-bond acceptors (Lipinski definition) is 3.